The summed E-state index contributed by atoms with van der Waals surface area (Å²) in [6, 6.07) is -0.200. The normalized spacial score (nSPS) is 22.4. The molecule has 3 heterocycles. The zero-order valence-electron chi connectivity index (χ0n) is 13.8. The second-order valence-corrected chi connectivity index (χ2v) is 6.34. The van der Waals surface area contributed by atoms with Crippen molar-refractivity contribution in [3.63, 3.8) is 0 Å². The number of amides is 2. The number of nitrogens with one attached hydrogen (secondary N) is 1. The van der Waals surface area contributed by atoms with E-state index in [2.05, 4.69) is 15.4 Å². The molecule has 7 heteroatoms. The Morgan fingerprint density at radius 2 is 2.17 bits per heavy atom. The van der Waals surface area contributed by atoms with Crippen LogP contribution in [-0.2, 0) is 16.0 Å². The Kier molecular flexibility index (Phi) is 4.66. The van der Waals surface area contributed by atoms with E-state index in [0.29, 0.717) is 25.9 Å². The second kappa shape index (κ2) is 6.70. The molecule has 2 saturated heterocycles. The predicted molar refractivity (Wildman–Crippen MR) is 83.9 cm³/mol. The van der Waals surface area contributed by atoms with Gasteiger partial charge in [0.05, 0.1) is 5.69 Å². The van der Waals surface area contributed by atoms with E-state index in [1.54, 1.807) is 0 Å². The Morgan fingerprint density at radius 1 is 1.35 bits per heavy atom. The van der Waals surface area contributed by atoms with E-state index in [1.165, 1.54) is 0 Å². The lowest BCUT2D eigenvalue weighted by Gasteiger charge is -2.34. The number of carbonyl (C=O) groups is 2. The van der Waals surface area contributed by atoms with Crippen LogP contribution in [0.3, 0.4) is 0 Å². The molecule has 2 amide bonds. The van der Waals surface area contributed by atoms with Crippen LogP contribution >= 0.6 is 0 Å². The number of nitrogens with zero attached hydrogens (tertiary/aromatic N) is 3. The highest BCUT2D eigenvalue weighted by Gasteiger charge is 2.34. The lowest BCUT2D eigenvalue weighted by atomic mass is 10.1. The molecule has 2 fully saturated rings. The third-order valence-corrected chi connectivity index (χ3v) is 4.83. The summed E-state index contributed by atoms with van der Waals surface area (Å²) < 4.78 is 5.14. The maximum atomic E-state index is 12.6. The lowest BCUT2D eigenvalue weighted by molar-refractivity contribution is -0.134. The molecule has 1 atom stereocenters. The average Bonchev–Trinajstić information content (AvgIpc) is 2.74. The first-order valence-corrected chi connectivity index (χ1v) is 8.27. The topological polar surface area (TPSA) is 78.7 Å². The molecule has 1 unspecified atom stereocenters. The van der Waals surface area contributed by atoms with Crippen molar-refractivity contribution in [2.45, 2.75) is 39.2 Å². The smallest absolute Gasteiger partial charge is 0.239 e. The highest BCUT2D eigenvalue weighted by molar-refractivity contribution is 5.84. The van der Waals surface area contributed by atoms with Gasteiger partial charge < -0.3 is 14.7 Å². The van der Waals surface area contributed by atoms with E-state index in [0.717, 1.165) is 43.1 Å². The fourth-order valence-electron chi connectivity index (χ4n) is 3.47. The summed E-state index contributed by atoms with van der Waals surface area (Å²) in [5, 5.41) is 6.82. The molecule has 0 saturated carbocycles. The predicted octanol–water partition coefficient (Wildman–Crippen LogP) is 0.257. The molecule has 2 aliphatic rings. The van der Waals surface area contributed by atoms with Gasteiger partial charge in [-0.1, -0.05) is 5.16 Å². The number of hydrogen-bond donors (Lipinski definition) is 1. The van der Waals surface area contributed by atoms with Gasteiger partial charge in [0.1, 0.15) is 11.8 Å². The summed E-state index contributed by atoms with van der Waals surface area (Å²) in [6.45, 7) is 7.44. The average molecular weight is 320 g/mol. The van der Waals surface area contributed by atoms with Crippen LogP contribution in [0.5, 0.6) is 0 Å². The fraction of sp³-hybridized carbons (Fsp3) is 0.688. The summed E-state index contributed by atoms with van der Waals surface area (Å²) in [6.07, 6.45) is 1.98. The Morgan fingerprint density at radius 3 is 2.91 bits per heavy atom. The van der Waals surface area contributed by atoms with Gasteiger partial charge in [-0.05, 0) is 26.7 Å². The van der Waals surface area contributed by atoms with Crippen LogP contribution in [0.15, 0.2) is 4.52 Å². The first-order valence-electron chi connectivity index (χ1n) is 8.27. The quantitative estimate of drug-likeness (QED) is 0.864. The monoisotopic (exact) mass is 320 g/mol. The third kappa shape index (κ3) is 3.39. The first kappa shape index (κ1) is 16.0. The standard InChI is InChI=1S/C16H24N4O3/c1-11-13(12(2)23-18-11)4-5-15(21)20-8-3-7-19-9-6-17-16(22)14(19)10-20/h14H,3-10H2,1-2H3,(H,17,22). The highest BCUT2D eigenvalue weighted by Crippen LogP contribution is 2.17. The minimum absolute atomic E-state index is 0.0432. The third-order valence-electron chi connectivity index (χ3n) is 4.83. The van der Waals surface area contributed by atoms with Crippen molar-refractivity contribution in [1.82, 2.24) is 20.3 Å². The van der Waals surface area contributed by atoms with E-state index in [9.17, 15) is 9.59 Å². The van der Waals surface area contributed by atoms with Crippen LogP contribution in [0.2, 0.25) is 0 Å². The molecule has 0 aromatic carbocycles. The zero-order valence-corrected chi connectivity index (χ0v) is 13.8. The molecule has 1 aromatic heterocycles. The van der Waals surface area contributed by atoms with Crippen LogP contribution in [0.25, 0.3) is 0 Å². The van der Waals surface area contributed by atoms with Crippen molar-refractivity contribution in [2.24, 2.45) is 0 Å². The first-order chi connectivity index (χ1) is 11.1. The number of aryl methyl sites for hydroxylation is 2. The van der Waals surface area contributed by atoms with Crippen LogP contribution in [0.1, 0.15) is 29.9 Å². The van der Waals surface area contributed by atoms with Crippen molar-refractivity contribution >= 4 is 11.8 Å². The number of piperazine rings is 1. The summed E-state index contributed by atoms with van der Waals surface area (Å²) in [7, 11) is 0. The molecule has 3 rings (SSSR count). The minimum Gasteiger partial charge on any atom is -0.361 e. The number of aromatic nitrogens is 1. The number of rotatable bonds is 3. The van der Waals surface area contributed by atoms with Gasteiger partial charge in [-0.2, -0.15) is 0 Å². The summed E-state index contributed by atoms with van der Waals surface area (Å²) in [4.78, 5) is 28.7. The maximum Gasteiger partial charge on any atom is 0.239 e. The van der Waals surface area contributed by atoms with Crippen molar-refractivity contribution < 1.29 is 14.1 Å². The van der Waals surface area contributed by atoms with Gasteiger partial charge in [0.2, 0.25) is 11.8 Å². The SMILES string of the molecule is Cc1noc(C)c1CCC(=O)N1CCCN2CCNC(=O)C2C1. The molecule has 2 aliphatic heterocycles. The fourth-order valence-corrected chi connectivity index (χ4v) is 3.47. The van der Waals surface area contributed by atoms with Gasteiger partial charge in [-0.3, -0.25) is 14.5 Å². The van der Waals surface area contributed by atoms with E-state index in [1.807, 2.05) is 18.7 Å². The van der Waals surface area contributed by atoms with Crippen molar-refractivity contribution in [2.75, 3.05) is 32.7 Å². The van der Waals surface area contributed by atoms with Crippen molar-refractivity contribution in [1.29, 1.82) is 0 Å². The Labute approximate surface area is 136 Å². The molecule has 0 aliphatic carbocycles. The Bertz CT molecular complexity index is 579. The van der Waals surface area contributed by atoms with E-state index >= 15 is 0 Å². The van der Waals surface area contributed by atoms with Gasteiger partial charge >= 0.3 is 0 Å². The van der Waals surface area contributed by atoms with Gasteiger partial charge in [-0.15, -0.1) is 0 Å². The maximum absolute atomic E-state index is 12.6. The summed E-state index contributed by atoms with van der Waals surface area (Å²) >= 11 is 0. The molecular weight excluding hydrogens is 296 g/mol. The van der Waals surface area contributed by atoms with Crippen LogP contribution in [-0.4, -0.2) is 65.5 Å². The molecule has 0 radical (unpaired) electrons. The summed E-state index contributed by atoms with van der Waals surface area (Å²) in [5.74, 6) is 0.927. The van der Waals surface area contributed by atoms with Crippen LogP contribution < -0.4 is 5.32 Å². The number of fused-ring (bicyclic) bond motifs is 1. The van der Waals surface area contributed by atoms with Gasteiger partial charge in [-0.25, -0.2) is 0 Å². The molecule has 7 nitrogen and oxygen atoms in total. The van der Waals surface area contributed by atoms with E-state index in [4.69, 9.17) is 4.52 Å². The summed E-state index contributed by atoms with van der Waals surface area (Å²) in [5.41, 5.74) is 1.87. The molecule has 0 bridgehead atoms. The minimum atomic E-state index is -0.200. The molecule has 126 valence electrons. The van der Waals surface area contributed by atoms with Crippen molar-refractivity contribution in [3.05, 3.63) is 17.0 Å². The molecule has 23 heavy (non-hydrogen) atoms. The largest absolute Gasteiger partial charge is 0.361 e. The van der Waals surface area contributed by atoms with Gasteiger partial charge in [0.15, 0.2) is 0 Å². The van der Waals surface area contributed by atoms with Gasteiger partial charge in [0.25, 0.3) is 0 Å². The molecule has 0 spiro atoms. The Hall–Kier alpha value is -1.89. The highest BCUT2D eigenvalue weighted by atomic mass is 16.5. The van der Waals surface area contributed by atoms with Crippen molar-refractivity contribution in [3.8, 4) is 0 Å². The lowest BCUT2D eigenvalue weighted by Crippen LogP contribution is -2.58. The molecule has 1 aromatic rings. The van der Waals surface area contributed by atoms with Crippen LogP contribution in [0, 0.1) is 13.8 Å². The van der Waals surface area contributed by atoms with E-state index < -0.39 is 0 Å². The number of hydrogen-bond acceptors (Lipinski definition) is 5. The van der Waals surface area contributed by atoms with Crippen LogP contribution in [0.4, 0.5) is 0 Å². The molecular formula is C16H24N4O3. The molecule has 1 N–H and O–H groups in total. The number of carbonyl (C=O) groups excluding carboxylic acids is 2. The Balaban J connectivity index is 1.61. The zero-order chi connectivity index (χ0) is 16.4. The van der Waals surface area contributed by atoms with E-state index in [-0.39, 0.29) is 17.9 Å². The second-order valence-electron chi connectivity index (χ2n) is 6.34. The van der Waals surface area contributed by atoms with Gasteiger partial charge in [0, 0.05) is 44.7 Å².